The Morgan fingerprint density at radius 2 is 1.86 bits per heavy atom. The van der Waals surface area contributed by atoms with Crippen LogP contribution in [0.3, 0.4) is 0 Å². The minimum absolute atomic E-state index is 0.0155. The van der Waals surface area contributed by atoms with Crippen molar-refractivity contribution in [3.05, 3.63) is 40.9 Å². The maximum Gasteiger partial charge on any atom is 0.397 e. The van der Waals surface area contributed by atoms with E-state index in [9.17, 15) is 18.0 Å². The zero-order valence-electron chi connectivity index (χ0n) is 15.8. The molecule has 0 unspecified atom stereocenters. The summed E-state index contributed by atoms with van der Waals surface area (Å²) < 4.78 is 54.2. The van der Waals surface area contributed by atoms with Gasteiger partial charge in [0.05, 0.1) is 25.8 Å². The molecule has 0 saturated carbocycles. The van der Waals surface area contributed by atoms with E-state index in [1.807, 2.05) is 0 Å². The molecule has 29 heavy (non-hydrogen) atoms. The lowest BCUT2D eigenvalue weighted by atomic mass is 10.0. The quantitative estimate of drug-likeness (QED) is 0.707. The Labute approximate surface area is 170 Å². The number of fused-ring (bicyclic) bond motifs is 1. The molecule has 0 aliphatic carbocycles. The number of ether oxygens (including phenoxy) is 3. The normalized spacial score (nSPS) is 13.9. The number of amides is 1. The van der Waals surface area contributed by atoms with E-state index in [0.717, 1.165) is 16.0 Å². The predicted octanol–water partition coefficient (Wildman–Crippen LogP) is 4.70. The van der Waals surface area contributed by atoms with Crippen LogP contribution in [0.25, 0.3) is 11.1 Å². The molecule has 156 valence electrons. The Morgan fingerprint density at radius 3 is 2.48 bits per heavy atom. The fourth-order valence-electron chi connectivity index (χ4n) is 3.14. The summed E-state index contributed by atoms with van der Waals surface area (Å²) in [6.07, 6.45) is -6.07. The van der Waals surface area contributed by atoms with E-state index in [2.05, 4.69) is 0 Å². The molecule has 2 aromatic carbocycles. The highest BCUT2D eigenvalue weighted by atomic mass is 35.5. The first kappa shape index (κ1) is 21.1. The average Bonchev–Trinajstić information content (AvgIpc) is 2.88. The standard InChI is InChI=1S/C20H19ClF3NO4/c1-27-16-4-3-12(8-15(16)21)13-7-14-11-25(18(26)10-20(22,23)24)5-6-29-19(14)17(9-13)28-2/h3-4,7-9H,5-6,10-11H2,1-2H3. The van der Waals surface area contributed by atoms with Crippen LogP contribution < -0.4 is 14.2 Å². The summed E-state index contributed by atoms with van der Waals surface area (Å²) in [4.78, 5) is 13.2. The Balaban J connectivity index is 1.98. The molecule has 9 heteroatoms. The lowest BCUT2D eigenvalue weighted by molar-refractivity contribution is -0.161. The van der Waals surface area contributed by atoms with Crippen molar-refractivity contribution in [2.75, 3.05) is 27.4 Å². The number of hydrogen-bond acceptors (Lipinski definition) is 4. The third kappa shape index (κ3) is 4.87. The van der Waals surface area contributed by atoms with Crippen molar-refractivity contribution in [2.24, 2.45) is 0 Å². The molecule has 0 atom stereocenters. The van der Waals surface area contributed by atoms with Crippen LogP contribution in [0.15, 0.2) is 30.3 Å². The van der Waals surface area contributed by atoms with Crippen LogP contribution in [0.2, 0.25) is 5.02 Å². The van der Waals surface area contributed by atoms with Gasteiger partial charge in [0, 0.05) is 12.1 Å². The van der Waals surface area contributed by atoms with Gasteiger partial charge in [0.15, 0.2) is 11.5 Å². The van der Waals surface area contributed by atoms with E-state index in [0.29, 0.717) is 27.8 Å². The van der Waals surface area contributed by atoms with Crippen LogP contribution in [-0.4, -0.2) is 44.4 Å². The molecule has 0 aromatic heterocycles. The maximum atomic E-state index is 12.6. The van der Waals surface area contributed by atoms with E-state index >= 15 is 0 Å². The smallest absolute Gasteiger partial charge is 0.397 e. The highest BCUT2D eigenvalue weighted by molar-refractivity contribution is 6.32. The van der Waals surface area contributed by atoms with Gasteiger partial charge in [-0.05, 0) is 35.4 Å². The number of alkyl halides is 3. The molecule has 5 nitrogen and oxygen atoms in total. The Morgan fingerprint density at radius 1 is 1.14 bits per heavy atom. The Bertz CT molecular complexity index is 917. The van der Waals surface area contributed by atoms with Gasteiger partial charge in [-0.2, -0.15) is 13.2 Å². The van der Waals surface area contributed by atoms with Gasteiger partial charge in [-0.25, -0.2) is 0 Å². The van der Waals surface area contributed by atoms with Gasteiger partial charge in [0.25, 0.3) is 0 Å². The maximum absolute atomic E-state index is 12.6. The number of hydrogen-bond donors (Lipinski definition) is 0. The van der Waals surface area contributed by atoms with Crippen LogP contribution in [0, 0.1) is 0 Å². The second-order valence-electron chi connectivity index (χ2n) is 6.47. The van der Waals surface area contributed by atoms with Crippen molar-refractivity contribution in [1.82, 2.24) is 4.90 Å². The van der Waals surface area contributed by atoms with Gasteiger partial charge < -0.3 is 19.1 Å². The average molecular weight is 430 g/mol. The first-order chi connectivity index (χ1) is 13.7. The van der Waals surface area contributed by atoms with Crippen LogP contribution in [-0.2, 0) is 11.3 Å². The van der Waals surface area contributed by atoms with Gasteiger partial charge in [-0.15, -0.1) is 0 Å². The molecule has 0 saturated heterocycles. The monoisotopic (exact) mass is 429 g/mol. The van der Waals surface area contributed by atoms with Crippen molar-refractivity contribution in [3.63, 3.8) is 0 Å². The molecular weight excluding hydrogens is 411 g/mol. The molecular formula is C20H19ClF3NO4. The van der Waals surface area contributed by atoms with Crippen molar-refractivity contribution >= 4 is 17.5 Å². The molecule has 1 heterocycles. The van der Waals surface area contributed by atoms with E-state index in [1.54, 1.807) is 30.3 Å². The lowest BCUT2D eigenvalue weighted by Gasteiger charge is -2.21. The Hall–Kier alpha value is -2.61. The largest absolute Gasteiger partial charge is 0.495 e. The number of rotatable bonds is 4. The predicted molar refractivity (Wildman–Crippen MR) is 102 cm³/mol. The molecule has 0 fully saturated rings. The van der Waals surface area contributed by atoms with Gasteiger partial charge in [0.2, 0.25) is 5.91 Å². The minimum atomic E-state index is -4.56. The van der Waals surface area contributed by atoms with Crippen LogP contribution in [0.1, 0.15) is 12.0 Å². The molecule has 0 N–H and O–H groups in total. The summed E-state index contributed by atoms with van der Waals surface area (Å²) in [5.41, 5.74) is 2.03. The summed E-state index contributed by atoms with van der Waals surface area (Å²) in [6.45, 7) is 0.107. The zero-order valence-corrected chi connectivity index (χ0v) is 16.6. The van der Waals surface area contributed by atoms with Crippen molar-refractivity contribution < 1.29 is 32.2 Å². The third-order valence-corrected chi connectivity index (χ3v) is 4.81. The first-order valence-corrected chi connectivity index (χ1v) is 9.12. The topological polar surface area (TPSA) is 48.0 Å². The Kier molecular flexibility index (Phi) is 6.12. The zero-order chi connectivity index (χ0) is 21.2. The fourth-order valence-corrected chi connectivity index (χ4v) is 3.40. The molecule has 0 bridgehead atoms. The summed E-state index contributed by atoms with van der Waals surface area (Å²) in [7, 11) is 2.98. The number of halogens is 4. The van der Waals surface area contributed by atoms with E-state index < -0.39 is 18.5 Å². The van der Waals surface area contributed by atoms with E-state index in [-0.39, 0.29) is 19.7 Å². The fraction of sp³-hybridized carbons (Fsp3) is 0.350. The lowest BCUT2D eigenvalue weighted by Crippen LogP contribution is -2.35. The highest BCUT2D eigenvalue weighted by Crippen LogP contribution is 2.40. The molecule has 0 spiro atoms. The molecule has 1 amide bonds. The summed E-state index contributed by atoms with van der Waals surface area (Å²) in [5, 5.41) is 0.414. The molecule has 1 aliphatic rings. The minimum Gasteiger partial charge on any atom is -0.495 e. The summed E-state index contributed by atoms with van der Waals surface area (Å²) in [6, 6.07) is 8.74. The van der Waals surface area contributed by atoms with E-state index in [4.69, 9.17) is 25.8 Å². The summed E-state index contributed by atoms with van der Waals surface area (Å²) in [5.74, 6) is 0.364. The number of carbonyl (C=O) groups excluding carboxylic acids is 1. The SMILES string of the molecule is COc1ccc(-c2cc3c(c(OC)c2)OCCN(C(=O)CC(F)(F)F)C3)cc1Cl. The molecule has 2 aromatic rings. The number of methoxy groups -OCH3 is 2. The first-order valence-electron chi connectivity index (χ1n) is 8.74. The number of benzene rings is 2. The van der Waals surface area contributed by atoms with Gasteiger partial charge in [-0.1, -0.05) is 17.7 Å². The second kappa shape index (κ2) is 8.41. The van der Waals surface area contributed by atoms with Gasteiger partial charge >= 0.3 is 6.18 Å². The number of carbonyl (C=O) groups is 1. The number of nitrogens with zero attached hydrogens (tertiary/aromatic N) is 1. The molecule has 1 aliphatic heterocycles. The summed E-state index contributed by atoms with van der Waals surface area (Å²) >= 11 is 6.21. The van der Waals surface area contributed by atoms with Gasteiger partial charge in [-0.3, -0.25) is 4.79 Å². The molecule has 3 rings (SSSR count). The van der Waals surface area contributed by atoms with Crippen molar-refractivity contribution in [2.45, 2.75) is 19.1 Å². The van der Waals surface area contributed by atoms with E-state index in [1.165, 1.54) is 14.2 Å². The van der Waals surface area contributed by atoms with Crippen LogP contribution in [0.4, 0.5) is 13.2 Å². The van der Waals surface area contributed by atoms with Crippen molar-refractivity contribution in [3.8, 4) is 28.4 Å². The van der Waals surface area contributed by atoms with Crippen LogP contribution in [0.5, 0.6) is 17.2 Å². The van der Waals surface area contributed by atoms with Crippen LogP contribution >= 0.6 is 11.6 Å². The van der Waals surface area contributed by atoms with Gasteiger partial charge in [0.1, 0.15) is 18.8 Å². The second-order valence-corrected chi connectivity index (χ2v) is 6.88. The highest BCUT2D eigenvalue weighted by Gasteiger charge is 2.34. The third-order valence-electron chi connectivity index (χ3n) is 4.51. The molecule has 0 radical (unpaired) electrons. The van der Waals surface area contributed by atoms with Crippen molar-refractivity contribution in [1.29, 1.82) is 0 Å².